The summed E-state index contributed by atoms with van der Waals surface area (Å²) in [7, 11) is 0. The molecule has 0 atom stereocenters. The van der Waals surface area contributed by atoms with Crippen LogP contribution in [0.4, 0.5) is 4.79 Å². The SMILES string of the molecule is CC(C)(C)OC(=O)N1CC12CCNCC2. The van der Waals surface area contributed by atoms with Gasteiger partial charge in [0.15, 0.2) is 0 Å². The molecule has 2 heterocycles. The van der Waals surface area contributed by atoms with E-state index < -0.39 is 0 Å². The summed E-state index contributed by atoms with van der Waals surface area (Å²) < 4.78 is 5.36. The fourth-order valence-corrected chi connectivity index (χ4v) is 2.15. The van der Waals surface area contributed by atoms with Gasteiger partial charge in [-0.05, 0) is 46.7 Å². The van der Waals surface area contributed by atoms with Crippen LogP contribution in [0, 0.1) is 0 Å². The average molecular weight is 212 g/mol. The van der Waals surface area contributed by atoms with E-state index in [0.717, 1.165) is 32.5 Å². The molecule has 86 valence electrons. The van der Waals surface area contributed by atoms with Crippen molar-refractivity contribution in [2.45, 2.75) is 44.8 Å². The second kappa shape index (κ2) is 3.37. The van der Waals surface area contributed by atoms with E-state index in [4.69, 9.17) is 4.74 Å². The van der Waals surface area contributed by atoms with Gasteiger partial charge in [-0.3, -0.25) is 4.90 Å². The van der Waals surface area contributed by atoms with Gasteiger partial charge in [-0.1, -0.05) is 0 Å². The lowest BCUT2D eigenvalue weighted by atomic mass is 9.98. The van der Waals surface area contributed by atoms with Crippen molar-refractivity contribution < 1.29 is 9.53 Å². The predicted octanol–water partition coefficient (Wildman–Crippen LogP) is 1.36. The highest BCUT2D eigenvalue weighted by atomic mass is 16.6. The molecule has 1 N–H and O–H groups in total. The minimum Gasteiger partial charge on any atom is -0.444 e. The molecule has 0 saturated carbocycles. The monoisotopic (exact) mass is 212 g/mol. The van der Waals surface area contributed by atoms with Crippen LogP contribution < -0.4 is 5.32 Å². The molecule has 2 saturated heterocycles. The van der Waals surface area contributed by atoms with Crippen LogP contribution in [0.5, 0.6) is 0 Å². The van der Waals surface area contributed by atoms with Crippen molar-refractivity contribution in [1.29, 1.82) is 0 Å². The van der Waals surface area contributed by atoms with Crippen LogP contribution in [0.15, 0.2) is 0 Å². The van der Waals surface area contributed by atoms with Crippen LogP contribution >= 0.6 is 0 Å². The molecule has 2 aliphatic rings. The number of carbonyl (C=O) groups is 1. The van der Waals surface area contributed by atoms with Crippen molar-refractivity contribution in [2.24, 2.45) is 0 Å². The molecule has 0 unspecified atom stereocenters. The zero-order valence-corrected chi connectivity index (χ0v) is 9.80. The smallest absolute Gasteiger partial charge is 0.410 e. The fraction of sp³-hybridized carbons (Fsp3) is 0.909. The van der Waals surface area contributed by atoms with Crippen molar-refractivity contribution in [1.82, 2.24) is 10.2 Å². The molecule has 4 heteroatoms. The molecule has 0 aromatic rings. The Kier molecular flexibility index (Phi) is 2.41. The van der Waals surface area contributed by atoms with Crippen molar-refractivity contribution >= 4 is 6.09 Å². The van der Waals surface area contributed by atoms with Crippen molar-refractivity contribution in [3.8, 4) is 0 Å². The molecule has 2 aliphatic heterocycles. The second-order valence-corrected chi connectivity index (χ2v) is 5.54. The van der Waals surface area contributed by atoms with E-state index in [1.54, 1.807) is 0 Å². The first-order valence-electron chi connectivity index (χ1n) is 5.64. The number of rotatable bonds is 0. The van der Waals surface area contributed by atoms with Crippen LogP contribution in [0.1, 0.15) is 33.6 Å². The minimum absolute atomic E-state index is 0.133. The third-order valence-corrected chi connectivity index (χ3v) is 3.07. The summed E-state index contributed by atoms with van der Waals surface area (Å²) in [6, 6.07) is 0. The lowest BCUT2D eigenvalue weighted by Gasteiger charge is -2.25. The molecule has 2 rings (SSSR count). The number of piperidine rings is 1. The molecule has 0 aromatic carbocycles. The number of hydrogen-bond donors (Lipinski definition) is 1. The zero-order valence-electron chi connectivity index (χ0n) is 9.80. The van der Waals surface area contributed by atoms with E-state index >= 15 is 0 Å². The van der Waals surface area contributed by atoms with Crippen LogP contribution in [-0.2, 0) is 4.74 Å². The molecule has 4 nitrogen and oxygen atoms in total. The summed E-state index contributed by atoms with van der Waals surface area (Å²) in [4.78, 5) is 13.7. The van der Waals surface area contributed by atoms with Gasteiger partial charge in [0.2, 0.25) is 0 Å². The molecular formula is C11H20N2O2. The van der Waals surface area contributed by atoms with Crippen LogP contribution in [0.3, 0.4) is 0 Å². The third kappa shape index (κ3) is 2.25. The number of nitrogens with one attached hydrogen (secondary N) is 1. The van der Waals surface area contributed by atoms with Crippen molar-refractivity contribution in [3.05, 3.63) is 0 Å². The summed E-state index contributed by atoms with van der Waals surface area (Å²) in [5, 5.41) is 3.31. The van der Waals surface area contributed by atoms with E-state index in [1.807, 2.05) is 25.7 Å². The Bertz CT molecular complexity index is 264. The Morgan fingerprint density at radius 2 is 1.93 bits per heavy atom. The molecule has 0 aromatic heterocycles. The largest absolute Gasteiger partial charge is 0.444 e. The number of carbonyl (C=O) groups excluding carboxylic acids is 1. The standard InChI is InChI=1S/C11H20N2O2/c1-10(2,3)15-9(14)13-8-11(13)4-6-12-7-5-11/h12H,4-8H2,1-3H3. The Labute approximate surface area is 91.0 Å². The van der Waals surface area contributed by atoms with Gasteiger partial charge in [-0.15, -0.1) is 0 Å². The Hall–Kier alpha value is -0.770. The van der Waals surface area contributed by atoms with Gasteiger partial charge in [0.25, 0.3) is 0 Å². The number of hydrogen-bond acceptors (Lipinski definition) is 3. The molecule has 15 heavy (non-hydrogen) atoms. The number of nitrogens with zero attached hydrogens (tertiary/aromatic N) is 1. The third-order valence-electron chi connectivity index (χ3n) is 3.07. The summed E-state index contributed by atoms with van der Waals surface area (Å²) in [5.74, 6) is 0. The van der Waals surface area contributed by atoms with Gasteiger partial charge in [0, 0.05) is 6.54 Å². The zero-order chi connectivity index (χ0) is 11.1. The van der Waals surface area contributed by atoms with E-state index in [-0.39, 0.29) is 17.2 Å². The van der Waals surface area contributed by atoms with Crippen molar-refractivity contribution in [2.75, 3.05) is 19.6 Å². The summed E-state index contributed by atoms with van der Waals surface area (Å²) in [6.07, 6.45) is 1.97. The highest BCUT2D eigenvalue weighted by Crippen LogP contribution is 2.41. The van der Waals surface area contributed by atoms with Gasteiger partial charge in [-0.25, -0.2) is 4.79 Å². The number of amides is 1. The lowest BCUT2D eigenvalue weighted by Crippen LogP contribution is -2.38. The van der Waals surface area contributed by atoms with Gasteiger partial charge < -0.3 is 10.1 Å². The van der Waals surface area contributed by atoms with E-state index in [0.29, 0.717) is 0 Å². The van der Waals surface area contributed by atoms with Gasteiger partial charge in [0.1, 0.15) is 5.60 Å². The maximum atomic E-state index is 11.8. The van der Waals surface area contributed by atoms with Gasteiger partial charge >= 0.3 is 6.09 Å². The summed E-state index contributed by atoms with van der Waals surface area (Å²) >= 11 is 0. The van der Waals surface area contributed by atoms with Gasteiger partial charge in [0.05, 0.1) is 5.54 Å². The van der Waals surface area contributed by atoms with E-state index in [1.165, 1.54) is 0 Å². The Morgan fingerprint density at radius 3 is 2.47 bits per heavy atom. The first-order chi connectivity index (χ1) is 6.93. The maximum Gasteiger partial charge on any atom is 0.410 e. The first kappa shape index (κ1) is 10.7. The fourth-order valence-electron chi connectivity index (χ4n) is 2.15. The molecule has 1 spiro atoms. The highest BCUT2D eigenvalue weighted by Gasteiger charge is 2.56. The van der Waals surface area contributed by atoms with Crippen LogP contribution in [-0.4, -0.2) is 41.8 Å². The second-order valence-electron chi connectivity index (χ2n) is 5.54. The Balaban J connectivity index is 1.89. The minimum atomic E-state index is -0.381. The first-order valence-corrected chi connectivity index (χ1v) is 5.64. The normalized spacial score (nSPS) is 24.1. The molecule has 2 fully saturated rings. The Morgan fingerprint density at radius 1 is 1.33 bits per heavy atom. The lowest BCUT2D eigenvalue weighted by molar-refractivity contribution is 0.0368. The highest BCUT2D eigenvalue weighted by molar-refractivity contribution is 5.73. The van der Waals surface area contributed by atoms with E-state index in [9.17, 15) is 4.79 Å². The summed E-state index contributed by atoms with van der Waals surface area (Å²) in [5.41, 5.74) is -0.249. The van der Waals surface area contributed by atoms with E-state index in [2.05, 4.69) is 5.32 Å². The molecule has 1 amide bonds. The average Bonchev–Trinajstić information content (AvgIpc) is 2.78. The molecule has 0 aliphatic carbocycles. The van der Waals surface area contributed by atoms with Crippen molar-refractivity contribution in [3.63, 3.8) is 0 Å². The number of ether oxygens (including phenoxy) is 1. The molecular weight excluding hydrogens is 192 g/mol. The van der Waals surface area contributed by atoms with Gasteiger partial charge in [-0.2, -0.15) is 0 Å². The molecule has 0 radical (unpaired) electrons. The molecule has 0 bridgehead atoms. The summed E-state index contributed by atoms with van der Waals surface area (Å²) in [6.45, 7) is 8.62. The quantitative estimate of drug-likeness (QED) is 0.616. The maximum absolute atomic E-state index is 11.8. The van der Waals surface area contributed by atoms with Crippen LogP contribution in [0.25, 0.3) is 0 Å². The topological polar surface area (TPSA) is 41.3 Å². The van der Waals surface area contributed by atoms with Crippen LogP contribution in [0.2, 0.25) is 0 Å². The predicted molar refractivity (Wildman–Crippen MR) is 57.8 cm³/mol.